The van der Waals surface area contributed by atoms with Crippen LogP contribution in [0.2, 0.25) is 17.7 Å². The first-order valence-corrected chi connectivity index (χ1v) is 14.6. The van der Waals surface area contributed by atoms with Gasteiger partial charge in [-0.15, -0.1) is 0 Å². The van der Waals surface area contributed by atoms with Crippen molar-refractivity contribution >= 4 is 18.4 Å². The minimum atomic E-state index is -1.53. The van der Waals surface area contributed by atoms with Crippen molar-refractivity contribution in [1.29, 1.82) is 0 Å². The molecule has 0 spiro atoms. The van der Waals surface area contributed by atoms with Crippen LogP contribution < -0.4 is 0 Å². The first-order chi connectivity index (χ1) is 6.85. The van der Waals surface area contributed by atoms with Gasteiger partial charge in [0.25, 0.3) is 0 Å². The van der Waals surface area contributed by atoms with E-state index in [0.717, 1.165) is 0 Å². The van der Waals surface area contributed by atoms with Crippen molar-refractivity contribution in [2.24, 2.45) is 0 Å². The summed E-state index contributed by atoms with van der Waals surface area (Å²) in [6, 6.07) is 0. The fourth-order valence-electron chi connectivity index (χ4n) is 3.39. The number of unbranched alkanes of at least 4 members (excludes halogenated alkanes) is 1. The molecule has 0 unspecified atom stereocenters. The molecular weight excluding hydrogens is 277 g/mol. The molecule has 2 saturated heterocycles. The van der Waals surface area contributed by atoms with Crippen LogP contribution in [0.3, 0.4) is 0 Å². The average molecular weight is 302 g/mol. The standard InChI is InChI=1S/C8H16N.C4H9.Sn/c1-4-7-9(6-3)8-5-2;1-3-4-2;/h1-8H2;1,3-4H2,2H3;. The molecule has 2 fully saturated rings. The van der Waals surface area contributed by atoms with Crippen LogP contribution >= 0.6 is 0 Å². The van der Waals surface area contributed by atoms with E-state index in [-0.39, 0.29) is 0 Å². The monoisotopic (exact) mass is 303 g/mol. The minimum absolute atomic E-state index is 1.43. The molecule has 0 saturated carbocycles. The molecule has 0 atom stereocenters. The zero-order valence-corrected chi connectivity index (χ0v) is 12.6. The van der Waals surface area contributed by atoms with E-state index in [1.807, 2.05) is 0 Å². The van der Waals surface area contributed by atoms with Crippen molar-refractivity contribution in [2.45, 2.75) is 50.4 Å². The van der Waals surface area contributed by atoms with Gasteiger partial charge < -0.3 is 0 Å². The summed E-state index contributed by atoms with van der Waals surface area (Å²) < 4.78 is 6.88. The van der Waals surface area contributed by atoms with E-state index in [4.69, 9.17) is 0 Å². The Bertz CT molecular complexity index is 171. The molecule has 0 aromatic heterocycles. The van der Waals surface area contributed by atoms with E-state index >= 15 is 0 Å². The van der Waals surface area contributed by atoms with Crippen LogP contribution in [-0.2, 0) is 0 Å². The molecule has 14 heavy (non-hydrogen) atoms. The van der Waals surface area contributed by atoms with Gasteiger partial charge in [0.1, 0.15) is 0 Å². The van der Waals surface area contributed by atoms with Crippen LogP contribution in [0.4, 0.5) is 0 Å². The molecular formula is C12H25NSn. The Morgan fingerprint density at radius 2 is 1.71 bits per heavy atom. The van der Waals surface area contributed by atoms with Crippen LogP contribution in [0.15, 0.2) is 0 Å². The second-order valence-electron chi connectivity index (χ2n) is 5.40. The molecule has 2 aliphatic heterocycles. The summed E-state index contributed by atoms with van der Waals surface area (Å²) in [5.74, 6) is 0. The van der Waals surface area contributed by atoms with E-state index in [1.54, 1.807) is 37.0 Å². The van der Waals surface area contributed by atoms with Gasteiger partial charge in [-0.05, 0) is 0 Å². The van der Waals surface area contributed by atoms with E-state index < -0.39 is 18.4 Å². The van der Waals surface area contributed by atoms with Crippen LogP contribution in [-0.4, -0.2) is 42.9 Å². The summed E-state index contributed by atoms with van der Waals surface area (Å²) in [7, 11) is 0. The van der Waals surface area contributed by atoms with Crippen molar-refractivity contribution in [3.63, 3.8) is 0 Å². The molecule has 0 amide bonds. The Hall–Kier alpha value is 0.759. The van der Waals surface area contributed by atoms with Crippen LogP contribution in [0.25, 0.3) is 0 Å². The topological polar surface area (TPSA) is 3.24 Å². The number of nitrogens with zero attached hydrogens (tertiary/aromatic N) is 1. The number of fused-ring (bicyclic) bond motifs is 3. The fraction of sp³-hybridized carbons (Fsp3) is 1.00. The van der Waals surface area contributed by atoms with Gasteiger partial charge in [-0.3, -0.25) is 0 Å². The molecule has 2 heteroatoms. The molecule has 0 aliphatic carbocycles. The molecule has 2 heterocycles. The van der Waals surface area contributed by atoms with Crippen molar-refractivity contribution in [1.82, 2.24) is 4.90 Å². The molecule has 0 N–H and O–H groups in total. The summed E-state index contributed by atoms with van der Waals surface area (Å²) in [6.07, 6.45) is 6.10. The SMILES string of the molecule is CCC[CH2][Sn]12[CH2]CCN(CC[CH2]1)C[CH2]2. The van der Waals surface area contributed by atoms with Gasteiger partial charge >= 0.3 is 93.3 Å². The second-order valence-corrected chi connectivity index (χ2v) is 19.7. The van der Waals surface area contributed by atoms with Crippen LogP contribution in [0.1, 0.15) is 32.6 Å². The van der Waals surface area contributed by atoms with Crippen molar-refractivity contribution in [3.05, 3.63) is 0 Å². The second kappa shape index (κ2) is 5.20. The van der Waals surface area contributed by atoms with Crippen LogP contribution in [0.5, 0.6) is 0 Å². The van der Waals surface area contributed by atoms with Crippen molar-refractivity contribution < 1.29 is 0 Å². The number of hydrogen-bond acceptors (Lipinski definition) is 1. The third-order valence-corrected chi connectivity index (χ3v) is 20.2. The Balaban J connectivity index is 1.99. The van der Waals surface area contributed by atoms with Gasteiger partial charge in [-0.2, -0.15) is 0 Å². The Morgan fingerprint density at radius 1 is 1.00 bits per heavy atom. The molecule has 82 valence electrons. The Kier molecular flexibility index (Phi) is 4.18. The maximum atomic E-state index is 2.75. The van der Waals surface area contributed by atoms with Gasteiger partial charge in [-0.25, -0.2) is 0 Å². The summed E-state index contributed by atoms with van der Waals surface area (Å²) in [4.78, 5) is 2.75. The number of rotatable bonds is 3. The van der Waals surface area contributed by atoms with E-state index in [0.29, 0.717) is 0 Å². The summed E-state index contributed by atoms with van der Waals surface area (Å²) in [5, 5.41) is 0. The fourth-order valence-corrected chi connectivity index (χ4v) is 18.3. The molecule has 1 nitrogen and oxygen atoms in total. The summed E-state index contributed by atoms with van der Waals surface area (Å²) >= 11 is -1.53. The van der Waals surface area contributed by atoms with E-state index in [9.17, 15) is 0 Å². The third-order valence-electron chi connectivity index (χ3n) is 4.38. The molecule has 2 bridgehead atoms. The predicted molar refractivity (Wildman–Crippen MR) is 65.6 cm³/mol. The molecule has 0 aromatic carbocycles. The number of hydrogen-bond donors (Lipinski definition) is 0. The van der Waals surface area contributed by atoms with E-state index in [2.05, 4.69) is 11.8 Å². The summed E-state index contributed by atoms with van der Waals surface area (Å²) in [6.45, 7) is 6.72. The van der Waals surface area contributed by atoms with Crippen molar-refractivity contribution in [3.8, 4) is 0 Å². The first kappa shape index (κ1) is 11.3. The molecule has 2 rings (SSSR count). The van der Waals surface area contributed by atoms with Gasteiger partial charge in [-0.1, -0.05) is 0 Å². The summed E-state index contributed by atoms with van der Waals surface area (Å²) in [5.41, 5.74) is 0. The quantitative estimate of drug-likeness (QED) is 0.723. The normalized spacial score (nSPS) is 37.9. The van der Waals surface area contributed by atoms with Gasteiger partial charge in [0.2, 0.25) is 0 Å². The van der Waals surface area contributed by atoms with Gasteiger partial charge in [0.05, 0.1) is 0 Å². The Labute approximate surface area is 93.1 Å². The average Bonchev–Trinajstić information content (AvgIpc) is 2.47. The molecule has 0 radical (unpaired) electrons. The van der Waals surface area contributed by atoms with Gasteiger partial charge in [0, 0.05) is 0 Å². The zero-order valence-electron chi connectivity index (χ0n) is 9.73. The first-order valence-electron chi connectivity index (χ1n) is 6.57. The van der Waals surface area contributed by atoms with E-state index in [1.165, 1.54) is 26.1 Å². The van der Waals surface area contributed by atoms with Crippen LogP contribution in [0, 0.1) is 0 Å². The van der Waals surface area contributed by atoms with Crippen molar-refractivity contribution in [2.75, 3.05) is 19.6 Å². The molecule has 2 aliphatic rings. The predicted octanol–water partition coefficient (Wildman–Crippen LogP) is 3.34. The van der Waals surface area contributed by atoms with Gasteiger partial charge in [0.15, 0.2) is 0 Å². The molecule has 0 aromatic rings. The Morgan fingerprint density at radius 3 is 2.36 bits per heavy atom. The third kappa shape index (κ3) is 2.66. The maximum absolute atomic E-state index is 2.75. The zero-order chi connectivity index (χ0) is 9.86.